The van der Waals surface area contributed by atoms with Crippen molar-refractivity contribution in [2.75, 3.05) is 0 Å². The smallest absolute Gasteiger partial charge is 0.248 e. The molecule has 20 heavy (non-hydrogen) atoms. The summed E-state index contributed by atoms with van der Waals surface area (Å²) in [7, 11) is 0. The maximum absolute atomic E-state index is 12.5. The van der Waals surface area contributed by atoms with Crippen molar-refractivity contribution in [1.29, 1.82) is 0 Å². The first-order valence-electron chi connectivity index (χ1n) is 5.32. The second kappa shape index (κ2) is 6.20. The van der Waals surface area contributed by atoms with Crippen molar-refractivity contribution in [3.05, 3.63) is 51.9 Å². The zero-order chi connectivity index (χ0) is 14.8. The Morgan fingerprint density at radius 3 is 2.40 bits per heavy atom. The molecular weight excluding hydrogens is 332 g/mol. The standard InChI is InChI=1S/C12H7Cl2F3N2S/c13-9-3-8(12(15,16)17)5-19-11(9)20-6-7-1-2-10(14)18-4-7/h1-5H,6H2. The molecule has 0 aliphatic rings. The van der Waals surface area contributed by atoms with Crippen LogP contribution in [0.4, 0.5) is 13.2 Å². The molecule has 0 aliphatic carbocycles. The Kier molecular flexibility index (Phi) is 4.78. The maximum Gasteiger partial charge on any atom is 0.417 e. The van der Waals surface area contributed by atoms with E-state index in [1.54, 1.807) is 18.3 Å². The van der Waals surface area contributed by atoms with Gasteiger partial charge >= 0.3 is 6.18 Å². The van der Waals surface area contributed by atoms with E-state index in [4.69, 9.17) is 23.2 Å². The molecule has 0 atom stereocenters. The molecule has 0 saturated carbocycles. The van der Waals surface area contributed by atoms with Crippen LogP contribution in [0.25, 0.3) is 0 Å². The normalized spacial score (nSPS) is 11.7. The Bertz CT molecular complexity index is 603. The number of nitrogens with zero attached hydrogens (tertiary/aromatic N) is 2. The Morgan fingerprint density at radius 2 is 1.85 bits per heavy atom. The fraction of sp³-hybridized carbons (Fsp3) is 0.167. The van der Waals surface area contributed by atoms with E-state index in [9.17, 15) is 13.2 Å². The van der Waals surface area contributed by atoms with Crippen molar-refractivity contribution in [3.63, 3.8) is 0 Å². The summed E-state index contributed by atoms with van der Waals surface area (Å²) in [6.45, 7) is 0. The molecule has 2 nitrogen and oxygen atoms in total. The van der Waals surface area contributed by atoms with E-state index in [0.717, 1.165) is 17.8 Å². The van der Waals surface area contributed by atoms with E-state index in [1.165, 1.54) is 11.8 Å². The lowest BCUT2D eigenvalue weighted by Gasteiger charge is -2.08. The lowest BCUT2D eigenvalue weighted by atomic mass is 10.3. The molecule has 0 bridgehead atoms. The summed E-state index contributed by atoms with van der Waals surface area (Å²) < 4.78 is 37.4. The van der Waals surface area contributed by atoms with Crippen molar-refractivity contribution < 1.29 is 13.2 Å². The third-order valence-corrected chi connectivity index (χ3v) is 4.00. The number of pyridine rings is 2. The molecule has 2 aromatic heterocycles. The highest BCUT2D eigenvalue weighted by Gasteiger charge is 2.31. The molecule has 0 unspecified atom stereocenters. The van der Waals surface area contributed by atoms with Crippen molar-refractivity contribution in [3.8, 4) is 0 Å². The van der Waals surface area contributed by atoms with Crippen molar-refractivity contribution in [2.45, 2.75) is 17.0 Å². The van der Waals surface area contributed by atoms with Crippen LogP contribution in [0.2, 0.25) is 10.2 Å². The van der Waals surface area contributed by atoms with Gasteiger partial charge in [0.25, 0.3) is 0 Å². The zero-order valence-electron chi connectivity index (χ0n) is 9.79. The van der Waals surface area contributed by atoms with Gasteiger partial charge in [-0.05, 0) is 17.7 Å². The molecular formula is C12H7Cl2F3N2S. The van der Waals surface area contributed by atoms with Gasteiger partial charge in [0, 0.05) is 18.1 Å². The summed E-state index contributed by atoms with van der Waals surface area (Å²) in [5.41, 5.74) is 0.0113. The summed E-state index contributed by atoms with van der Waals surface area (Å²) >= 11 is 12.7. The van der Waals surface area contributed by atoms with Gasteiger partial charge in [0.15, 0.2) is 0 Å². The van der Waals surface area contributed by atoms with Crippen LogP contribution in [0.3, 0.4) is 0 Å². The largest absolute Gasteiger partial charge is 0.417 e. The van der Waals surface area contributed by atoms with Gasteiger partial charge in [0.05, 0.1) is 10.6 Å². The number of halogens is 5. The molecule has 0 aliphatic heterocycles. The SMILES string of the molecule is FC(F)(F)c1cnc(SCc2ccc(Cl)nc2)c(Cl)c1. The van der Waals surface area contributed by atoms with Crippen LogP contribution in [0, 0.1) is 0 Å². The Labute approximate surface area is 127 Å². The van der Waals surface area contributed by atoms with Crippen molar-refractivity contribution in [1.82, 2.24) is 9.97 Å². The molecule has 0 amide bonds. The highest BCUT2D eigenvalue weighted by Crippen LogP contribution is 2.34. The predicted molar refractivity (Wildman–Crippen MR) is 73.1 cm³/mol. The first-order valence-corrected chi connectivity index (χ1v) is 7.06. The van der Waals surface area contributed by atoms with Gasteiger partial charge in [-0.25, -0.2) is 9.97 Å². The molecule has 2 heterocycles. The average molecular weight is 339 g/mol. The number of hydrogen-bond acceptors (Lipinski definition) is 3. The fourth-order valence-electron chi connectivity index (χ4n) is 1.33. The zero-order valence-corrected chi connectivity index (χ0v) is 12.1. The third-order valence-electron chi connectivity index (χ3n) is 2.30. The average Bonchev–Trinajstić information content (AvgIpc) is 2.38. The van der Waals surface area contributed by atoms with Crippen LogP contribution in [-0.4, -0.2) is 9.97 Å². The lowest BCUT2D eigenvalue weighted by molar-refractivity contribution is -0.137. The predicted octanol–water partition coefficient (Wildman–Crippen LogP) is 5.09. The Morgan fingerprint density at radius 1 is 1.10 bits per heavy atom. The minimum Gasteiger partial charge on any atom is -0.248 e. The van der Waals surface area contributed by atoms with E-state index < -0.39 is 11.7 Å². The quantitative estimate of drug-likeness (QED) is 0.575. The molecule has 0 N–H and O–H groups in total. The van der Waals surface area contributed by atoms with Crippen molar-refractivity contribution >= 4 is 35.0 Å². The minimum atomic E-state index is -4.44. The summed E-state index contributed by atoms with van der Waals surface area (Å²) in [5, 5.41) is 0.700. The van der Waals surface area contributed by atoms with Crippen LogP contribution in [0.1, 0.15) is 11.1 Å². The molecule has 8 heteroatoms. The molecule has 0 saturated heterocycles. The van der Waals surface area contributed by atoms with E-state index in [0.29, 0.717) is 15.9 Å². The van der Waals surface area contributed by atoms with E-state index in [2.05, 4.69) is 9.97 Å². The Hall–Kier alpha value is -0.980. The molecule has 0 aromatic carbocycles. The summed E-state index contributed by atoms with van der Waals surface area (Å²) in [4.78, 5) is 7.65. The second-order valence-corrected chi connectivity index (χ2v) is 5.55. The number of alkyl halides is 3. The number of rotatable bonds is 3. The molecule has 0 radical (unpaired) electrons. The lowest BCUT2D eigenvalue weighted by Crippen LogP contribution is -2.05. The highest BCUT2D eigenvalue weighted by atomic mass is 35.5. The van der Waals surface area contributed by atoms with Crippen LogP contribution < -0.4 is 0 Å². The Balaban J connectivity index is 2.08. The van der Waals surface area contributed by atoms with E-state index in [-0.39, 0.29) is 5.02 Å². The number of thioether (sulfide) groups is 1. The summed E-state index contributed by atoms with van der Waals surface area (Å²) in [6.07, 6.45) is -2.08. The van der Waals surface area contributed by atoms with Crippen LogP contribution in [-0.2, 0) is 11.9 Å². The number of hydrogen-bond donors (Lipinski definition) is 0. The monoisotopic (exact) mass is 338 g/mol. The molecule has 106 valence electrons. The third kappa shape index (κ3) is 4.01. The summed E-state index contributed by atoms with van der Waals surface area (Å²) in [5.74, 6) is 0.488. The minimum absolute atomic E-state index is 0.0215. The number of aromatic nitrogens is 2. The van der Waals surface area contributed by atoms with Crippen LogP contribution in [0.5, 0.6) is 0 Å². The van der Waals surface area contributed by atoms with Crippen LogP contribution in [0.15, 0.2) is 35.6 Å². The molecule has 2 aromatic rings. The van der Waals surface area contributed by atoms with Gasteiger partial charge in [0.1, 0.15) is 10.2 Å². The highest BCUT2D eigenvalue weighted by molar-refractivity contribution is 7.98. The van der Waals surface area contributed by atoms with E-state index in [1.807, 2.05) is 0 Å². The van der Waals surface area contributed by atoms with Crippen LogP contribution >= 0.6 is 35.0 Å². The molecule has 0 fully saturated rings. The molecule has 0 spiro atoms. The fourth-order valence-corrected chi connectivity index (χ4v) is 2.57. The maximum atomic E-state index is 12.5. The molecule has 2 rings (SSSR count). The van der Waals surface area contributed by atoms with E-state index >= 15 is 0 Å². The topological polar surface area (TPSA) is 25.8 Å². The van der Waals surface area contributed by atoms with Gasteiger partial charge in [-0.15, -0.1) is 11.8 Å². The van der Waals surface area contributed by atoms with Gasteiger partial charge < -0.3 is 0 Å². The van der Waals surface area contributed by atoms with Gasteiger partial charge in [0.2, 0.25) is 0 Å². The second-order valence-electron chi connectivity index (χ2n) is 3.79. The first kappa shape index (κ1) is 15.4. The van der Waals surface area contributed by atoms with Gasteiger partial charge in [-0.1, -0.05) is 29.3 Å². The van der Waals surface area contributed by atoms with Crippen molar-refractivity contribution in [2.24, 2.45) is 0 Å². The van der Waals surface area contributed by atoms with Gasteiger partial charge in [-0.3, -0.25) is 0 Å². The summed E-state index contributed by atoms with van der Waals surface area (Å²) in [6, 6.07) is 4.29. The van der Waals surface area contributed by atoms with Gasteiger partial charge in [-0.2, -0.15) is 13.2 Å². The first-order chi connectivity index (χ1) is 9.36.